The van der Waals surface area contributed by atoms with Crippen molar-refractivity contribution in [3.8, 4) is 0 Å². The summed E-state index contributed by atoms with van der Waals surface area (Å²) in [6.07, 6.45) is 2.89. The SMILES string of the molecule is O=C(C=Cc1ccc(Cl)c([N+](=O)[O-])c1)c1ccc(Br)cc1. The van der Waals surface area contributed by atoms with Crippen molar-refractivity contribution in [2.75, 3.05) is 0 Å². The van der Waals surface area contributed by atoms with Crippen LogP contribution in [0.1, 0.15) is 15.9 Å². The van der Waals surface area contributed by atoms with Crippen LogP contribution in [0.3, 0.4) is 0 Å². The van der Waals surface area contributed by atoms with Crippen molar-refractivity contribution >= 4 is 45.1 Å². The van der Waals surface area contributed by atoms with Gasteiger partial charge in [0.2, 0.25) is 0 Å². The standard InChI is InChI=1S/C15H9BrClNO3/c16-12-5-3-11(4-6-12)15(19)8-2-10-1-7-13(17)14(9-10)18(20)21/h1-9H. The van der Waals surface area contributed by atoms with Gasteiger partial charge in [-0.2, -0.15) is 0 Å². The number of allylic oxidation sites excluding steroid dienone is 1. The van der Waals surface area contributed by atoms with Gasteiger partial charge in [-0.25, -0.2) is 0 Å². The monoisotopic (exact) mass is 365 g/mol. The minimum Gasteiger partial charge on any atom is -0.289 e. The summed E-state index contributed by atoms with van der Waals surface area (Å²) in [6, 6.07) is 11.3. The van der Waals surface area contributed by atoms with Crippen LogP contribution < -0.4 is 0 Å². The first-order chi connectivity index (χ1) is 9.97. The average molecular weight is 367 g/mol. The molecular formula is C15H9BrClNO3. The number of hydrogen-bond acceptors (Lipinski definition) is 3. The summed E-state index contributed by atoms with van der Waals surface area (Å²) in [5.41, 5.74) is 0.893. The quantitative estimate of drug-likeness (QED) is 0.334. The first-order valence-electron chi connectivity index (χ1n) is 5.89. The number of ketones is 1. The fraction of sp³-hybridized carbons (Fsp3) is 0. The summed E-state index contributed by atoms with van der Waals surface area (Å²) >= 11 is 9.02. The molecule has 0 aliphatic heterocycles. The molecule has 106 valence electrons. The molecule has 0 heterocycles. The molecule has 0 N–H and O–H groups in total. The highest BCUT2D eigenvalue weighted by Gasteiger charge is 2.11. The van der Waals surface area contributed by atoms with Crippen molar-refractivity contribution in [3.05, 3.63) is 79.3 Å². The summed E-state index contributed by atoms with van der Waals surface area (Å²) in [5.74, 6) is -0.180. The van der Waals surface area contributed by atoms with Crippen LogP contribution in [0.5, 0.6) is 0 Å². The van der Waals surface area contributed by atoms with E-state index < -0.39 is 4.92 Å². The lowest BCUT2D eigenvalue weighted by molar-refractivity contribution is -0.384. The number of halogens is 2. The lowest BCUT2D eigenvalue weighted by Crippen LogP contribution is -1.93. The van der Waals surface area contributed by atoms with Crippen LogP contribution in [0.25, 0.3) is 6.08 Å². The number of rotatable bonds is 4. The van der Waals surface area contributed by atoms with Crippen LogP contribution >= 0.6 is 27.5 Å². The van der Waals surface area contributed by atoms with E-state index in [1.807, 2.05) is 0 Å². The van der Waals surface area contributed by atoms with Gasteiger partial charge < -0.3 is 0 Å². The molecule has 4 nitrogen and oxygen atoms in total. The molecule has 0 unspecified atom stereocenters. The van der Waals surface area contributed by atoms with E-state index in [2.05, 4.69) is 15.9 Å². The Bertz CT molecular complexity index is 726. The molecule has 21 heavy (non-hydrogen) atoms. The Labute approximate surface area is 134 Å². The second-order valence-electron chi connectivity index (χ2n) is 4.17. The van der Waals surface area contributed by atoms with E-state index in [9.17, 15) is 14.9 Å². The third kappa shape index (κ3) is 4.00. The summed E-state index contributed by atoms with van der Waals surface area (Å²) < 4.78 is 0.886. The van der Waals surface area contributed by atoms with Gasteiger partial charge in [0.25, 0.3) is 5.69 Å². The van der Waals surface area contributed by atoms with Crippen LogP contribution in [-0.4, -0.2) is 10.7 Å². The largest absolute Gasteiger partial charge is 0.289 e. The number of benzene rings is 2. The molecular weight excluding hydrogens is 358 g/mol. The topological polar surface area (TPSA) is 60.2 Å². The van der Waals surface area contributed by atoms with Crippen LogP contribution in [0.4, 0.5) is 5.69 Å². The van der Waals surface area contributed by atoms with E-state index >= 15 is 0 Å². The Kier molecular flexibility index (Phi) is 4.88. The van der Waals surface area contributed by atoms with Crippen LogP contribution in [0.15, 0.2) is 53.0 Å². The fourth-order valence-corrected chi connectivity index (χ4v) is 2.11. The number of nitro groups is 1. The zero-order valence-corrected chi connectivity index (χ0v) is 13.0. The van der Waals surface area contributed by atoms with Crippen molar-refractivity contribution in [2.24, 2.45) is 0 Å². The van der Waals surface area contributed by atoms with Crippen molar-refractivity contribution in [2.45, 2.75) is 0 Å². The molecule has 0 spiro atoms. The lowest BCUT2D eigenvalue weighted by atomic mass is 10.1. The molecule has 2 rings (SSSR count). The molecule has 0 aliphatic rings. The highest BCUT2D eigenvalue weighted by Crippen LogP contribution is 2.25. The predicted octanol–water partition coefficient (Wildman–Crippen LogP) is 4.91. The third-order valence-corrected chi connectivity index (χ3v) is 3.57. The molecule has 0 atom stereocenters. The van der Waals surface area contributed by atoms with Gasteiger partial charge in [-0.15, -0.1) is 0 Å². The molecule has 0 aromatic heterocycles. The van der Waals surface area contributed by atoms with Gasteiger partial charge in [-0.05, 0) is 42.0 Å². The molecule has 2 aromatic rings. The first-order valence-corrected chi connectivity index (χ1v) is 7.06. The summed E-state index contributed by atoms with van der Waals surface area (Å²) in [4.78, 5) is 22.2. The van der Waals surface area contributed by atoms with Gasteiger partial charge in [0.05, 0.1) is 4.92 Å². The molecule has 0 saturated heterocycles. The minimum absolute atomic E-state index is 0.0661. The van der Waals surface area contributed by atoms with Gasteiger partial charge in [-0.1, -0.05) is 39.7 Å². The van der Waals surface area contributed by atoms with Gasteiger partial charge in [0, 0.05) is 16.1 Å². The van der Waals surface area contributed by atoms with Crippen molar-refractivity contribution < 1.29 is 9.72 Å². The summed E-state index contributed by atoms with van der Waals surface area (Å²) in [6.45, 7) is 0. The average Bonchev–Trinajstić information content (AvgIpc) is 2.46. The maximum Gasteiger partial charge on any atom is 0.288 e. The van der Waals surface area contributed by atoms with Gasteiger partial charge >= 0.3 is 0 Å². The molecule has 0 aliphatic carbocycles. The van der Waals surface area contributed by atoms with E-state index in [0.717, 1.165) is 4.47 Å². The zero-order chi connectivity index (χ0) is 15.4. The highest BCUT2D eigenvalue weighted by atomic mass is 79.9. The molecule has 0 amide bonds. The fourth-order valence-electron chi connectivity index (χ4n) is 1.66. The first kappa shape index (κ1) is 15.4. The van der Waals surface area contributed by atoms with Gasteiger partial charge in [0.15, 0.2) is 5.78 Å². The molecule has 0 radical (unpaired) electrons. The van der Waals surface area contributed by atoms with Crippen LogP contribution in [-0.2, 0) is 0 Å². The number of carbonyl (C=O) groups excluding carboxylic acids is 1. The summed E-state index contributed by atoms with van der Waals surface area (Å²) in [5, 5.41) is 10.9. The number of nitro benzene ring substituents is 1. The molecule has 0 saturated carbocycles. The highest BCUT2D eigenvalue weighted by molar-refractivity contribution is 9.10. The second-order valence-corrected chi connectivity index (χ2v) is 5.50. The van der Waals surface area contributed by atoms with Crippen LogP contribution in [0, 0.1) is 10.1 Å². The molecule has 6 heteroatoms. The van der Waals surface area contributed by atoms with Crippen molar-refractivity contribution in [1.82, 2.24) is 0 Å². The van der Waals surface area contributed by atoms with Crippen molar-refractivity contribution in [1.29, 1.82) is 0 Å². The Morgan fingerprint density at radius 2 is 1.86 bits per heavy atom. The molecule has 2 aromatic carbocycles. The molecule has 0 bridgehead atoms. The third-order valence-electron chi connectivity index (χ3n) is 2.72. The van der Waals surface area contributed by atoms with E-state index in [1.165, 1.54) is 24.3 Å². The van der Waals surface area contributed by atoms with Gasteiger partial charge in [0.1, 0.15) is 5.02 Å². The Morgan fingerprint density at radius 1 is 1.19 bits per heavy atom. The Balaban J connectivity index is 2.21. The smallest absolute Gasteiger partial charge is 0.288 e. The van der Waals surface area contributed by atoms with Crippen molar-refractivity contribution in [3.63, 3.8) is 0 Å². The zero-order valence-electron chi connectivity index (χ0n) is 10.6. The van der Waals surface area contributed by atoms with E-state index in [4.69, 9.17) is 11.6 Å². The maximum absolute atomic E-state index is 12.0. The lowest BCUT2D eigenvalue weighted by Gasteiger charge is -1.98. The maximum atomic E-state index is 12.0. The number of hydrogen-bond donors (Lipinski definition) is 0. The second kappa shape index (κ2) is 6.65. The summed E-state index contributed by atoms with van der Waals surface area (Å²) in [7, 11) is 0. The Hall–Kier alpha value is -1.98. The predicted molar refractivity (Wildman–Crippen MR) is 85.6 cm³/mol. The van der Waals surface area contributed by atoms with E-state index in [0.29, 0.717) is 11.1 Å². The van der Waals surface area contributed by atoms with Gasteiger partial charge in [-0.3, -0.25) is 14.9 Å². The van der Waals surface area contributed by atoms with E-state index in [1.54, 1.807) is 30.3 Å². The Morgan fingerprint density at radius 3 is 2.48 bits per heavy atom. The molecule has 0 fully saturated rings. The number of nitrogens with zero attached hydrogens (tertiary/aromatic N) is 1. The number of carbonyl (C=O) groups is 1. The minimum atomic E-state index is -0.559. The van der Waals surface area contributed by atoms with Crippen LogP contribution in [0.2, 0.25) is 5.02 Å². The van der Waals surface area contributed by atoms with E-state index in [-0.39, 0.29) is 16.5 Å². The normalized spacial score (nSPS) is 10.8.